The topological polar surface area (TPSA) is 12.0 Å². The molecule has 1 nitrogen and oxygen atoms in total. The molecule has 1 saturated carbocycles. The molecule has 2 rings (SSSR count). The molecule has 1 fully saturated rings. The van der Waals surface area contributed by atoms with Gasteiger partial charge in [0, 0.05) is 10.9 Å². The Morgan fingerprint density at radius 2 is 2.36 bits per heavy atom. The van der Waals surface area contributed by atoms with Crippen LogP contribution in [0.1, 0.15) is 24.1 Å². The lowest BCUT2D eigenvalue weighted by molar-refractivity contribution is 0.493. The lowest BCUT2D eigenvalue weighted by atomic mass is 10.1. The summed E-state index contributed by atoms with van der Waals surface area (Å²) >= 11 is 5.36. The van der Waals surface area contributed by atoms with Crippen LogP contribution in [0, 0.1) is 5.92 Å². The maximum Gasteiger partial charge on any atom is 0.0701 e. The Morgan fingerprint density at radius 1 is 1.57 bits per heavy atom. The van der Waals surface area contributed by atoms with E-state index in [2.05, 4.69) is 40.4 Å². The Balaban J connectivity index is 1.86. The van der Waals surface area contributed by atoms with Crippen LogP contribution >= 0.6 is 27.3 Å². The number of hydrogen-bond acceptors (Lipinski definition) is 2. The van der Waals surface area contributed by atoms with E-state index in [1.807, 2.05) is 11.3 Å². The van der Waals surface area contributed by atoms with E-state index in [0.29, 0.717) is 6.04 Å². The highest BCUT2D eigenvalue weighted by Crippen LogP contribution is 2.34. The Hall–Kier alpha value is 0.140. The minimum atomic E-state index is 0.674. The SMILES string of the molecule is CNC(Cc1ccc(Br)s1)CC1CC1. The van der Waals surface area contributed by atoms with Crippen molar-refractivity contribution in [3.63, 3.8) is 0 Å². The number of rotatable bonds is 5. The van der Waals surface area contributed by atoms with Gasteiger partial charge in [0.25, 0.3) is 0 Å². The van der Waals surface area contributed by atoms with Crippen LogP contribution in [0.5, 0.6) is 0 Å². The van der Waals surface area contributed by atoms with Gasteiger partial charge in [-0.3, -0.25) is 0 Å². The van der Waals surface area contributed by atoms with Crippen molar-refractivity contribution < 1.29 is 0 Å². The molecule has 1 heterocycles. The number of nitrogens with one attached hydrogen (secondary N) is 1. The molecule has 1 aromatic heterocycles. The fourth-order valence-electron chi connectivity index (χ4n) is 1.76. The quantitative estimate of drug-likeness (QED) is 0.867. The van der Waals surface area contributed by atoms with Gasteiger partial charge in [-0.1, -0.05) is 12.8 Å². The van der Waals surface area contributed by atoms with Crippen molar-refractivity contribution in [2.75, 3.05) is 7.05 Å². The van der Waals surface area contributed by atoms with Crippen LogP contribution in [0.4, 0.5) is 0 Å². The molecule has 78 valence electrons. The molecule has 0 radical (unpaired) electrons. The molecule has 0 spiro atoms. The van der Waals surface area contributed by atoms with Crippen LogP contribution < -0.4 is 5.32 Å². The first-order chi connectivity index (χ1) is 6.78. The lowest BCUT2D eigenvalue weighted by Crippen LogP contribution is -2.27. The van der Waals surface area contributed by atoms with Crippen molar-refractivity contribution in [1.29, 1.82) is 0 Å². The summed E-state index contributed by atoms with van der Waals surface area (Å²) < 4.78 is 1.24. The van der Waals surface area contributed by atoms with Gasteiger partial charge in [-0.2, -0.15) is 0 Å². The minimum absolute atomic E-state index is 0.674. The molecule has 0 amide bonds. The zero-order chi connectivity index (χ0) is 9.97. The van der Waals surface area contributed by atoms with E-state index >= 15 is 0 Å². The molecule has 0 saturated heterocycles. The van der Waals surface area contributed by atoms with Crippen molar-refractivity contribution in [1.82, 2.24) is 5.32 Å². The summed E-state index contributed by atoms with van der Waals surface area (Å²) in [5.41, 5.74) is 0. The summed E-state index contributed by atoms with van der Waals surface area (Å²) in [5.74, 6) is 1.01. The summed E-state index contributed by atoms with van der Waals surface area (Å²) in [7, 11) is 2.08. The Labute approximate surface area is 98.0 Å². The molecule has 1 atom stereocenters. The first-order valence-corrected chi connectivity index (χ1v) is 6.80. The van der Waals surface area contributed by atoms with E-state index in [4.69, 9.17) is 0 Å². The van der Waals surface area contributed by atoms with Gasteiger partial charge in [-0.05, 0) is 53.9 Å². The second kappa shape index (κ2) is 4.77. The summed E-state index contributed by atoms with van der Waals surface area (Å²) in [6.45, 7) is 0. The van der Waals surface area contributed by atoms with Crippen LogP contribution in [-0.4, -0.2) is 13.1 Å². The number of halogens is 1. The van der Waals surface area contributed by atoms with E-state index in [9.17, 15) is 0 Å². The van der Waals surface area contributed by atoms with E-state index < -0.39 is 0 Å². The molecule has 14 heavy (non-hydrogen) atoms. The van der Waals surface area contributed by atoms with E-state index in [1.165, 1.54) is 34.3 Å². The van der Waals surface area contributed by atoms with Crippen LogP contribution in [0.15, 0.2) is 15.9 Å². The zero-order valence-electron chi connectivity index (χ0n) is 8.42. The molecule has 0 aliphatic heterocycles. The third kappa shape index (κ3) is 3.07. The third-order valence-corrected chi connectivity index (χ3v) is 4.45. The molecule has 1 aliphatic carbocycles. The maximum absolute atomic E-state index is 3.51. The van der Waals surface area contributed by atoms with E-state index in [1.54, 1.807) is 0 Å². The van der Waals surface area contributed by atoms with Gasteiger partial charge in [0.05, 0.1) is 3.79 Å². The average molecular weight is 274 g/mol. The van der Waals surface area contributed by atoms with Gasteiger partial charge < -0.3 is 5.32 Å². The number of likely N-dealkylation sites (N-methyl/N-ethyl adjacent to an activating group) is 1. The van der Waals surface area contributed by atoms with Crippen molar-refractivity contribution in [2.24, 2.45) is 5.92 Å². The fraction of sp³-hybridized carbons (Fsp3) is 0.636. The molecule has 0 bridgehead atoms. The molecular formula is C11H16BrNS. The predicted molar refractivity (Wildman–Crippen MR) is 65.9 cm³/mol. The summed E-state index contributed by atoms with van der Waals surface area (Å²) in [5, 5.41) is 3.42. The zero-order valence-corrected chi connectivity index (χ0v) is 10.8. The van der Waals surface area contributed by atoms with Gasteiger partial charge in [0.1, 0.15) is 0 Å². The van der Waals surface area contributed by atoms with E-state index in [0.717, 1.165) is 5.92 Å². The Kier molecular flexibility index (Phi) is 3.63. The van der Waals surface area contributed by atoms with E-state index in [-0.39, 0.29) is 0 Å². The summed E-state index contributed by atoms with van der Waals surface area (Å²) in [6, 6.07) is 5.04. The van der Waals surface area contributed by atoms with Crippen LogP contribution in [0.3, 0.4) is 0 Å². The first-order valence-electron chi connectivity index (χ1n) is 5.19. The standard InChI is InChI=1S/C11H16BrNS/c1-13-9(6-8-2-3-8)7-10-4-5-11(12)14-10/h4-5,8-9,13H,2-3,6-7H2,1H3. The summed E-state index contributed by atoms with van der Waals surface area (Å²) in [6.07, 6.45) is 5.44. The number of hydrogen-bond donors (Lipinski definition) is 1. The molecule has 1 aromatic rings. The highest BCUT2D eigenvalue weighted by atomic mass is 79.9. The Bertz CT molecular complexity index is 293. The van der Waals surface area contributed by atoms with Crippen LogP contribution in [-0.2, 0) is 6.42 Å². The van der Waals surface area contributed by atoms with Crippen LogP contribution in [0.2, 0.25) is 0 Å². The predicted octanol–water partition coefficient (Wildman–Crippen LogP) is 3.44. The Morgan fingerprint density at radius 3 is 2.86 bits per heavy atom. The monoisotopic (exact) mass is 273 g/mol. The van der Waals surface area contributed by atoms with Crippen molar-refractivity contribution in [2.45, 2.75) is 31.7 Å². The smallest absolute Gasteiger partial charge is 0.0701 e. The first kappa shape index (κ1) is 10.7. The van der Waals surface area contributed by atoms with Crippen molar-refractivity contribution in [3.05, 3.63) is 20.8 Å². The molecule has 0 aromatic carbocycles. The van der Waals surface area contributed by atoms with Gasteiger partial charge in [-0.15, -0.1) is 11.3 Å². The van der Waals surface area contributed by atoms with Gasteiger partial charge >= 0.3 is 0 Å². The molecule has 1 N–H and O–H groups in total. The highest BCUT2D eigenvalue weighted by Gasteiger charge is 2.24. The van der Waals surface area contributed by atoms with Crippen molar-refractivity contribution in [3.8, 4) is 0 Å². The largest absolute Gasteiger partial charge is 0.317 e. The van der Waals surface area contributed by atoms with Gasteiger partial charge in [0.2, 0.25) is 0 Å². The second-order valence-electron chi connectivity index (χ2n) is 4.07. The maximum atomic E-state index is 3.51. The second-order valence-corrected chi connectivity index (χ2v) is 6.62. The third-order valence-electron chi connectivity index (χ3n) is 2.80. The van der Waals surface area contributed by atoms with Crippen molar-refractivity contribution >= 4 is 27.3 Å². The normalized spacial score (nSPS) is 18.4. The molecule has 1 unspecified atom stereocenters. The minimum Gasteiger partial charge on any atom is -0.317 e. The molecule has 3 heteroatoms. The molecular weight excluding hydrogens is 258 g/mol. The number of thiophene rings is 1. The average Bonchev–Trinajstić information content (AvgIpc) is 2.89. The fourth-order valence-corrected chi connectivity index (χ4v) is 3.33. The highest BCUT2D eigenvalue weighted by molar-refractivity contribution is 9.11. The lowest BCUT2D eigenvalue weighted by Gasteiger charge is -2.14. The molecule has 1 aliphatic rings. The van der Waals surface area contributed by atoms with Gasteiger partial charge in [0.15, 0.2) is 0 Å². The van der Waals surface area contributed by atoms with Crippen LogP contribution in [0.25, 0.3) is 0 Å². The summed E-state index contributed by atoms with van der Waals surface area (Å²) in [4.78, 5) is 1.48. The van der Waals surface area contributed by atoms with Gasteiger partial charge in [-0.25, -0.2) is 0 Å².